The maximum atomic E-state index is 8.63. The first-order valence-corrected chi connectivity index (χ1v) is 42.4. The van der Waals surface area contributed by atoms with Crippen molar-refractivity contribution < 1.29 is 66.0 Å². The fourth-order valence-electron chi connectivity index (χ4n) is 12.4. The van der Waals surface area contributed by atoms with E-state index in [-0.39, 0.29) is 0 Å². The molecule has 90 heavy (non-hydrogen) atoms. The molecule has 0 saturated heterocycles. The van der Waals surface area contributed by atoms with Gasteiger partial charge in [0.05, 0.1) is 78.5 Å². The molecule has 0 heterocycles. The summed E-state index contributed by atoms with van der Waals surface area (Å²) in [7, 11) is -14.7. The third-order valence-electron chi connectivity index (χ3n) is 17.8. The molecule has 0 fully saturated rings. The second-order valence-electron chi connectivity index (χ2n) is 26.7. The van der Waals surface area contributed by atoms with Crippen molar-refractivity contribution in [1.82, 2.24) is 0 Å². The lowest BCUT2D eigenvalue weighted by atomic mass is 10.0. The predicted molar refractivity (Wildman–Crippen MR) is 386 cm³/mol. The maximum absolute atomic E-state index is 8.63. The molecule has 0 aliphatic carbocycles. The van der Waals surface area contributed by atoms with Crippen LogP contribution in [-0.4, -0.2) is 145 Å². The SMILES string of the molecule is CCCCCCCC[N+](CCCCCCCC)(CCCCCCCC)CCCCCCCC.CCCCCC[N+](CCCCCC)(CCCCCC)CCCCCC.CCCC[N+](CCCC)(CCCC)CCCC.O=S(=O)([O-])O.O=S(=O)([O-])O.O=S(=O)([O-])O. The molecular formula is C72H159N3O12S3. The zero-order valence-electron chi connectivity index (χ0n) is 62.0. The predicted octanol–water partition coefficient (Wildman–Crippen LogP) is 21.4. The van der Waals surface area contributed by atoms with Crippen molar-refractivity contribution in [3.63, 3.8) is 0 Å². The van der Waals surface area contributed by atoms with E-state index in [2.05, 4.69) is 83.1 Å². The Morgan fingerprint density at radius 1 is 0.178 bits per heavy atom. The average molecular weight is 1360 g/mol. The number of hydrogen-bond acceptors (Lipinski definition) is 9. The van der Waals surface area contributed by atoms with E-state index >= 15 is 0 Å². The molecule has 0 rings (SSSR count). The first kappa shape index (κ1) is 101. The number of quaternary nitrogens is 3. The fourth-order valence-corrected chi connectivity index (χ4v) is 12.4. The Kier molecular flexibility index (Phi) is 83.0. The monoisotopic (exact) mass is 1350 g/mol. The summed E-state index contributed by atoms with van der Waals surface area (Å²) in [4.78, 5) is 0. The summed E-state index contributed by atoms with van der Waals surface area (Å²) >= 11 is 0. The molecular weight excluding hydrogens is 1200 g/mol. The Morgan fingerprint density at radius 3 is 0.367 bits per heavy atom. The number of nitrogens with zero attached hydrogens (tertiary/aromatic N) is 3. The molecule has 0 aromatic carbocycles. The highest BCUT2D eigenvalue weighted by Gasteiger charge is 2.28. The van der Waals surface area contributed by atoms with Crippen LogP contribution in [0, 0.1) is 0 Å². The first-order chi connectivity index (χ1) is 42.7. The van der Waals surface area contributed by atoms with Crippen LogP contribution in [0.2, 0.25) is 0 Å². The van der Waals surface area contributed by atoms with E-state index in [1.54, 1.807) is 0 Å². The van der Waals surface area contributed by atoms with Crippen LogP contribution in [-0.2, 0) is 31.2 Å². The molecule has 0 unspecified atom stereocenters. The zero-order chi connectivity index (χ0) is 69.4. The number of hydrogen-bond donors (Lipinski definition) is 3. The van der Waals surface area contributed by atoms with E-state index in [9.17, 15) is 0 Å². The minimum absolute atomic E-state index is 1.35. The molecule has 3 N–H and O–H groups in total. The van der Waals surface area contributed by atoms with Gasteiger partial charge in [0.25, 0.3) is 0 Å². The molecule has 0 aliphatic rings. The van der Waals surface area contributed by atoms with Gasteiger partial charge in [-0.3, -0.25) is 13.7 Å². The van der Waals surface area contributed by atoms with Gasteiger partial charge in [-0.1, -0.05) is 263 Å². The fraction of sp³-hybridized carbons (Fsp3) is 1.00. The van der Waals surface area contributed by atoms with Crippen molar-refractivity contribution in [1.29, 1.82) is 0 Å². The van der Waals surface area contributed by atoms with E-state index in [1.807, 2.05) is 0 Å². The van der Waals surface area contributed by atoms with E-state index in [1.165, 1.54) is 400 Å². The Bertz CT molecular complexity index is 1460. The summed E-state index contributed by atoms with van der Waals surface area (Å²) in [6.45, 7) is 45.5. The third kappa shape index (κ3) is 93.9. The molecule has 0 bridgehead atoms. The normalized spacial score (nSPS) is 11.9. The minimum atomic E-state index is -4.92. The highest BCUT2D eigenvalue weighted by Crippen LogP contribution is 2.23. The summed E-state index contributed by atoms with van der Waals surface area (Å²) < 4.78 is 103. The van der Waals surface area contributed by atoms with Crippen LogP contribution in [0.4, 0.5) is 0 Å². The Hall–Kier alpha value is -0.510. The molecule has 0 aromatic heterocycles. The molecule has 0 atom stereocenters. The lowest BCUT2D eigenvalue weighted by Crippen LogP contribution is -2.50. The van der Waals surface area contributed by atoms with Crippen LogP contribution in [0.15, 0.2) is 0 Å². The lowest BCUT2D eigenvalue weighted by molar-refractivity contribution is -0.929. The summed E-state index contributed by atoms with van der Waals surface area (Å²) in [6, 6.07) is 0. The van der Waals surface area contributed by atoms with Gasteiger partial charge >= 0.3 is 0 Å². The number of unbranched alkanes of at least 4 members (excludes halogenated alkanes) is 36. The van der Waals surface area contributed by atoms with E-state index < -0.39 is 31.2 Å². The summed E-state index contributed by atoms with van der Waals surface area (Å²) in [5.41, 5.74) is 0. The van der Waals surface area contributed by atoms with Crippen molar-refractivity contribution in [2.45, 2.75) is 391 Å². The van der Waals surface area contributed by atoms with Gasteiger partial charge in [0, 0.05) is 0 Å². The second kappa shape index (κ2) is 74.3. The third-order valence-corrected chi connectivity index (χ3v) is 17.8. The maximum Gasteiger partial charge on any atom is 0.215 e. The highest BCUT2D eigenvalue weighted by atomic mass is 32.3. The molecule has 15 nitrogen and oxygen atoms in total. The van der Waals surface area contributed by atoms with Gasteiger partial charge in [-0.25, -0.2) is 25.3 Å². The average Bonchev–Trinajstić information content (AvgIpc) is 2.87. The van der Waals surface area contributed by atoms with Crippen LogP contribution >= 0.6 is 0 Å². The smallest absolute Gasteiger partial charge is 0.215 e. The first-order valence-electron chi connectivity index (χ1n) is 38.3. The highest BCUT2D eigenvalue weighted by molar-refractivity contribution is 7.80. The molecule has 18 heteroatoms. The van der Waals surface area contributed by atoms with Gasteiger partial charge in [-0.2, -0.15) is 0 Å². The molecule has 0 amide bonds. The van der Waals surface area contributed by atoms with Gasteiger partial charge in [-0.15, -0.1) is 0 Å². The minimum Gasteiger partial charge on any atom is -0.726 e. The van der Waals surface area contributed by atoms with Crippen LogP contribution in [0.1, 0.15) is 391 Å². The van der Waals surface area contributed by atoms with Gasteiger partial charge in [0.2, 0.25) is 31.2 Å². The van der Waals surface area contributed by atoms with E-state index in [0.29, 0.717) is 0 Å². The molecule has 0 aliphatic heterocycles. The quantitative estimate of drug-likeness (QED) is 0.0223. The zero-order valence-corrected chi connectivity index (χ0v) is 64.5. The van der Waals surface area contributed by atoms with Crippen LogP contribution in [0.5, 0.6) is 0 Å². The second-order valence-corrected chi connectivity index (χ2v) is 29.3. The van der Waals surface area contributed by atoms with Gasteiger partial charge in [-0.05, 0) is 128 Å². The Balaban J connectivity index is -0.000000271. The Labute approximate surface area is 563 Å². The van der Waals surface area contributed by atoms with E-state index in [4.69, 9.17) is 52.6 Å². The molecule has 0 radical (unpaired) electrons. The summed E-state index contributed by atoms with van der Waals surface area (Å²) in [5, 5.41) is 0. The molecule has 0 spiro atoms. The molecule has 0 aromatic rings. The van der Waals surface area contributed by atoms with Crippen LogP contribution in [0.3, 0.4) is 0 Å². The van der Waals surface area contributed by atoms with Crippen molar-refractivity contribution in [3.8, 4) is 0 Å². The summed E-state index contributed by atoms with van der Waals surface area (Å²) in [5.74, 6) is 0. The van der Waals surface area contributed by atoms with Crippen LogP contribution < -0.4 is 0 Å². The molecule has 0 saturated carbocycles. The van der Waals surface area contributed by atoms with Crippen molar-refractivity contribution in [2.75, 3.05) is 78.5 Å². The standard InChI is InChI=1S/C32H68N.C24H52N.C16H36N.3H2O4S/c1-5-9-13-17-21-25-29-33(30-26-22-18-14-10-6-2,31-27-23-19-15-11-7-3)32-28-24-20-16-12-8-4;1-5-9-13-17-21-25(22-18-14-10-6-2,23-19-15-11-7-3)24-20-16-12-8-4;1-5-9-13-17(14-10-6-2,15-11-7-3)16-12-8-4;3*1-5(2,3)4/h5-32H2,1-4H3;5-24H2,1-4H3;5-16H2,1-4H3;3*(H2,1,2,3,4)/q3*+1;;;/p-3. The summed E-state index contributed by atoms with van der Waals surface area (Å²) in [6.07, 6.45) is 68.7. The van der Waals surface area contributed by atoms with Crippen LogP contribution in [0.25, 0.3) is 0 Å². The van der Waals surface area contributed by atoms with E-state index in [0.717, 1.165) is 0 Å². The van der Waals surface area contributed by atoms with Crippen molar-refractivity contribution in [3.05, 3.63) is 0 Å². The topological polar surface area (TPSA) is 232 Å². The van der Waals surface area contributed by atoms with Gasteiger partial charge in [0.1, 0.15) is 0 Å². The van der Waals surface area contributed by atoms with Gasteiger partial charge in [0.15, 0.2) is 0 Å². The van der Waals surface area contributed by atoms with Crippen molar-refractivity contribution in [2.24, 2.45) is 0 Å². The Morgan fingerprint density at radius 2 is 0.256 bits per heavy atom. The lowest BCUT2D eigenvalue weighted by Gasteiger charge is -2.40. The molecule has 552 valence electrons. The van der Waals surface area contributed by atoms with Crippen molar-refractivity contribution >= 4 is 31.2 Å². The van der Waals surface area contributed by atoms with Gasteiger partial charge < -0.3 is 27.1 Å². The largest absolute Gasteiger partial charge is 0.726 e. The number of rotatable bonds is 60.